The van der Waals surface area contributed by atoms with Crippen LogP contribution in [0.15, 0.2) is 0 Å². The molecular weight excluding hydrogens is 244 g/mol. The minimum Gasteiger partial charge on any atom is -0.369 e. The Kier molecular flexibility index (Phi) is 3.84. The highest BCUT2D eigenvalue weighted by atomic mass is 16.1. The number of nitrogens with one attached hydrogen (secondary N) is 1. The molecule has 19 heavy (non-hydrogen) atoms. The van der Waals surface area contributed by atoms with Crippen molar-refractivity contribution < 1.29 is 4.79 Å². The van der Waals surface area contributed by atoms with Crippen LogP contribution in [-0.2, 0) is 4.79 Å². The van der Waals surface area contributed by atoms with Crippen LogP contribution in [0.5, 0.6) is 0 Å². The number of piperidine rings is 1. The van der Waals surface area contributed by atoms with E-state index in [1.807, 2.05) is 13.8 Å². The van der Waals surface area contributed by atoms with Gasteiger partial charge in [0.05, 0.1) is 5.92 Å². The molecule has 104 valence electrons. The Labute approximate surface area is 112 Å². The van der Waals surface area contributed by atoms with E-state index in [-0.39, 0.29) is 11.8 Å². The molecule has 0 spiro atoms. The van der Waals surface area contributed by atoms with E-state index in [1.165, 1.54) is 0 Å². The number of anilines is 2. The molecule has 0 aromatic carbocycles. The van der Waals surface area contributed by atoms with Crippen molar-refractivity contribution >= 4 is 17.5 Å². The van der Waals surface area contributed by atoms with E-state index < -0.39 is 0 Å². The van der Waals surface area contributed by atoms with E-state index in [2.05, 4.69) is 20.3 Å². The van der Waals surface area contributed by atoms with Crippen molar-refractivity contribution in [3.8, 4) is 0 Å². The number of aryl methyl sites for hydroxylation is 1. The number of hydrazine groups is 1. The summed E-state index contributed by atoms with van der Waals surface area (Å²) in [6, 6.07) is 0. The van der Waals surface area contributed by atoms with E-state index >= 15 is 0 Å². The first-order valence-electron chi connectivity index (χ1n) is 6.39. The van der Waals surface area contributed by atoms with Crippen molar-refractivity contribution in [2.24, 2.45) is 17.5 Å². The minimum atomic E-state index is -0.245. The maximum absolute atomic E-state index is 11.3. The predicted molar refractivity (Wildman–Crippen MR) is 73.4 cm³/mol. The molecule has 0 saturated carbocycles. The van der Waals surface area contributed by atoms with Crippen molar-refractivity contribution in [1.29, 1.82) is 0 Å². The molecular formula is C12H20N6O. The summed E-state index contributed by atoms with van der Waals surface area (Å²) in [7, 11) is 0. The number of nitrogen functional groups attached to an aromatic ring is 1. The van der Waals surface area contributed by atoms with Gasteiger partial charge in [-0.05, 0) is 26.7 Å². The van der Waals surface area contributed by atoms with Crippen molar-refractivity contribution in [3.63, 3.8) is 0 Å². The Hall–Kier alpha value is -1.89. The lowest BCUT2D eigenvalue weighted by molar-refractivity contribution is -0.122. The molecule has 1 unspecified atom stereocenters. The summed E-state index contributed by atoms with van der Waals surface area (Å²) in [5, 5.41) is 0. The van der Waals surface area contributed by atoms with Crippen LogP contribution in [0.4, 0.5) is 11.6 Å². The average Bonchev–Trinajstić information content (AvgIpc) is 2.41. The molecule has 1 fully saturated rings. The van der Waals surface area contributed by atoms with E-state index in [0.717, 1.165) is 30.8 Å². The third-order valence-corrected chi connectivity index (χ3v) is 3.49. The number of hydrogen-bond acceptors (Lipinski definition) is 6. The molecule has 1 amide bonds. The number of rotatable bonds is 3. The molecule has 2 rings (SSSR count). The topological polar surface area (TPSA) is 110 Å². The first-order chi connectivity index (χ1) is 9.02. The molecule has 1 aliphatic heterocycles. The molecule has 1 aromatic heterocycles. The quantitative estimate of drug-likeness (QED) is 0.527. The number of aromatic nitrogens is 2. The van der Waals surface area contributed by atoms with Gasteiger partial charge in [-0.25, -0.2) is 15.8 Å². The summed E-state index contributed by atoms with van der Waals surface area (Å²) in [5.74, 6) is 7.19. The summed E-state index contributed by atoms with van der Waals surface area (Å²) < 4.78 is 0. The van der Waals surface area contributed by atoms with E-state index in [4.69, 9.17) is 11.6 Å². The Morgan fingerprint density at radius 2 is 2.16 bits per heavy atom. The van der Waals surface area contributed by atoms with Crippen LogP contribution < -0.4 is 21.9 Å². The van der Waals surface area contributed by atoms with Gasteiger partial charge in [-0.1, -0.05) is 0 Å². The summed E-state index contributed by atoms with van der Waals surface area (Å²) in [6.45, 7) is 5.21. The number of nitrogens with two attached hydrogens (primary N) is 2. The zero-order valence-electron chi connectivity index (χ0n) is 11.3. The highest BCUT2D eigenvalue weighted by Crippen LogP contribution is 2.27. The van der Waals surface area contributed by atoms with Gasteiger partial charge in [-0.15, -0.1) is 0 Å². The van der Waals surface area contributed by atoms with Crippen LogP contribution in [0.3, 0.4) is 0 Å². The molecule has 7 heteroatoms. The van der Waals surface area contributed by atoms with E-state index in [9.17, 15) is 4.79 Å². The molecule has 0 aliphatic carbocycles. The summed E-state index contributed by atoms with van der Waals surface area (Å²) in [5.41, 5.74) is 8.87. The molecule has 1 saturated heterocycles. The normalized spacial score (nSPS) is 19.3. The van der Waals surface area contributed by atoms with Crippen molar-refractivity contribution in [1.82, 2.24) is 9.97 Å². The lowest BCUT2D eigenvalue weighted by atomic mass is 9.97. The first-order valence-corrected chi connectivity index (χ1v) is 6.39. The SMILES string of the molecule is Cc1nc(NN)c(C)c(N2CCCC(C(N)=O)C2)n1. The van der Waals surface area contributed by atoms with Crippen LogP contribution in [0, 0.1) is 19.8 Å². The van der Waals surface area contributed by atoms with Gasteiger partial charge >= 0.3 is 0 Å². The number of hydrogen-bond donors (Lipinski definition) is 3. The Morgan fingerprint density at radius 3 is 2.79 bits per heavy atom. The van der Waals surface area contributed by atoms with Crippen molar-refractivity contribution in [2.45, 2.75) is 26.7 Å². The molecule has 5 N–H and O–H groups in total. The second-order valence-corrected chi connectivity index (χ2v) is 4.90. The fourth-order valence-corrected chi connectivity index (χ4v) is 2.46. The molecule has 1 atom stereocenters. The second-order valence-electron chi connectivity index (χ2n) is 4.90. The standard InChI is InChI=1S/C12H20N6O/c1-7-11(17-14)15-8(2)16-12(7)18-5-3-4-9(6-18)10(13)19/h9H,3-6,14H2,1-2H3,(H2,13,19)(H,15,16,17). The molecule has 0 radical (unpaired) electrons. The van der Waals surface area contributed by atoms with Crippen LogP contribution in [0.1, 0.15) is 24.2 Å². The van der Waals surface area contributed by atoms with Gasteiger partial charge in [-0.3, -0.25) is 4.79 Å². The number of primary amides is 1. The summed E-state index contributed by atoms with van der Waals surface area (Å²) in [6.07, 6.45) is 1.78. The Morgan fingerprint density at radius 1 is 1.42 bits per heavy atom. The fraction of sp³-hybridized carbons (Fsp3) is 0.583. The molecule has 2 heterocycles. The van der Waals surface area contributed by atoms with Crippen LogP contribution in [0.25, 0.3) is 0 Å². The maximum atomic E-state index is 11.3. The number of nitrogens with zero attached hydrogens (tertiary/aromatic N) is 3. The van der Waals surface area contributed by atoms with Crippen molar-refractivity contribution in [3.05, 3.63) is 11.4 Å². The summed E-state index contributed by atoms with van der Waals surface area (Å²) >= 11 is 0. The van der Waals surface area contributed by atoms with Gasteiger partial charge in [0.15, 0.2) is 0 Å². The number of carbonyl (C=O) groups is 1. The second kappa shape index (κ2) is 5.40. The molecule has 1 aromatic rings. The zero-order valence-corrected chi connectivity index (χ0v) is 11.3. The zero-order chi connectivity index (χ0) is 14.0. The minimum absolute atomic E-state index is 0.113. The van der Waals surface area contributed by atoms with E-state index in [0.29, 0.717) is 18.2 Å². The van der Waals surface area contributed by atoms with Gasteiger partial charge in [0, 0.05) is 18.7 Å². The first kappa shape index (κ1) is 13.5. The smallest absolute Gasteiger partial charge is 0.222 e. The van der Waals surface area contributed by atoms with Crippen molar-refractivity contribution in [2.75, 3.05) is 23.4 Å². The maximum Gasteiger partial charge on any atom is 0.222 e. The van der Waals surface area contributed by atoms with Gasteiger partial charge < -0.3 is 16.1 Å². The number of carbonyl (C=O) groups excluding carboxylic acids is 1. The number of amides is 1. The third-order valence-electron chi connectivity index (χ3n) is 3.49. The van der Waals surface area contributed by atoms with E-state index in [1.54, 1.807) is 0 Å². The third kappa shape index (κ3) is 2.76. The molecule has 0 bridgehead atoms. The lowest BCUT2D eigenvalue weighted by Gasteiger charge is -2.33. The Balaban J connectivity index is 2.30. The highest BCUT2D eigenvalue weighted by molar-refractivity contribution is 5.77. The van der Waals surface area contributed by atoms with Gasteiger partial charge in [0.2, 0.25) is 5.91 Å². The van der Waals surface area contributed by atoms with Gasteiger partial charge in [-0.2, -0.15) is 0 Å². The molecule has 7 nitrogen and oxygen atoms in total. The lowest BCUT2D eigenvalue weighted by Crippen LogP contribution is -2.42. The largest absolute Gasteiger partial charge is 0.369 e. The highest BCUT2D eigenvalue weighted by Gasteiger charge is 2.26. The summed E-state index contributed by atoms with van der Waals surface area (Å²) in [4.78, 5) is 22.1. The van der Waals surface area contributed by atoms with Crippen LogP contribution in [-0.4, -0.2) is 29.0 Å². The fourth-order valence-electron chi connectivity index (χ4n) is 2.46. The monoisotopic (exact) mass is 264 g/mol. The van der Waals surface area contributed by atoms with Crippen LogP contribution >= 0.6 is 0 Å². The van der Waals surface area contributed by atoms with Gasteiger partial charge in [0.25, 0.3) is 0 Å². The average molecular weight is 264 g/mol. The Bertz CT molecular complexity index is 489. The molecule has 1 aliphatic rings. The van der Waals surface area contributed by atoms with Gasteiger partial charge in [0.1, 0.15) is 17.5 Å². The predicted octanol–water partition coefficient (Wildman–Crippen LogP) is 0.0807. The van der Waals surface area contributed by atoms with Crippen LogP contribution in [0.2, 0.25) is 0 Å².